The van der Waals surface area contributed by atoms with Gasteiger partial charge in [-0.05, 0) is 36.6 Å². The first-order valence-corrected chi connectivity index (χ1v) is 9.35. The van der Waals surface area contributed by atoms with E-state index in [0.717, 1.165) is 5.56 Å². The fourth-order valence-corrected chi connectivity index (χ4v) is 2.83. The molecule has 0 saturated carbocycles. The summed E-state index contributed by atoms with van der Waals surface area (Å²) in [4.78, 5) is 25.3. The van der Waals surface area contributed by atoms with Crippen molar-refractivity contribution in [3.8, 4) is 5.75 Å². The highest BCUT2D eigenvalue weighted by Crippen LogP contribution is 2.19. The molecule has 0 spiro atoms. The first-order chi connectivity index (χ1) is 12.9. The molecule has 2 aromatic carbocycles. The Morgan fingerprint density at radius 3 is 2.41 bits per heavy atom. The Morgan fingerprint density at radius 1 is 1.07 bits per heavy atom. The van der Waals surface area contributed by atoms with Crippen LogP contribution in [0.25, 0.3) is 0 Å². The van der Waals surface area contributed by atoms with Crippen LogP contribution in [0.3, 0.4) is 0 Å². The first-order valence-electron chi connectivity index (χ1n) is 8.97. The fraction of sp³-hybridized carbons (Fsp3) is 0.333. The predicted molar refractivity (Wildman–Crippen MR) is 107 cm³/mol. The molecule has 0 saturated heterocycles. The molecule has 0 aromatic heterocycles. The van der Waals surface area contributed by atoms with Crippen LogP contribution in [0.1, 0.15) is 36.7 Å². The van der Waals surface area contributed by atoms with Gasteiger partial charge in [-0.15, -0.1) is 0 Å². The van der Waals surface area contributed by atoms with Gasteiger partial charge in [-0.1, -0.05) is 55.8 Å². The predicted octanol–water partition coefficient (Wildman–Crippen LogP) is 3.81. The number of carbonyl (C=O) groups excluding carboxylic acids is 2. The number of hydrogen-bond donors (Lipinski definition) is 2. The summed E-state index contributed by atoms with van der Waals surface area (Å²) in [7, 11) is 0. The van der Waals surface area contributed by atoms with E-state index in [1.165, 1.54) is 0 Å². The third-order valence-corrected chi connectivity index (χ3v) is 4.45. The van der Waals surface area contributed by atoms with Crippen LogP contribution < -0.4 is 15.4 Å². The van der Waals surface area contributed by atoms with Gasteiger partial charge in [0.05, 0.1) is 12.2 Å². The third-order valence-electron chi connectivity index (χ3n) is 4.08. The van der Waals surface area contributed by atoms with Crippen molar-refractivity contribution < 1.29 is 14.3 Å². The SMILES string of the molecule is CCOc1ccccc1C(=O)NC(C(=O)NCc1ccccc1Cl)C(C)C. The highest BCUT2D eigenvalue weighted by molar-refractivity contribution is 6.31. The number of nitrogens with one attached hydrogen (secondary N) is 2. The normalized spacial score (nSPS) is 11.7. The average Bonchev–Trinajstić information content (AvgIpc) is 2.65. The molecular weight excluding hydrogens is 364 g/mol. The van der Waals surface area contributed by atoms with Crippen molar-refractivity contribution in [1.82, 2.24) is 10.6 Å². The molecule has 2 amide bonds. The number of para-hydroxylation sites is 1. The van der Waals surface area contributed by atoms with Gasteiger partial charge in [0, 0.05) is 11.6 Å². The van der Waals surface area contributed by atoms with Crippen LogP contribution in [0.5, 0.6) is 5.75 Å². The lowest BCUT2D eigenvalue weighted by Gasteiger charge is -2.22. The maximum atomic E-state index is 12.7. The van der Waals surface area contributed by atoms with Crippen molar-refractivity contribution in [1.29, 1.82) is 0 Å². The summed E-state index contributed by atoms with van der Waals surface area (Å²) in [6, 6.07) is 13.6. The molecule has 1 unspecified atom stereocenters. The molecule has 0 aliphatic heterocycles. The van der Waals surface area contributed by atoms with Gasteiger partial charge in [-0.25, -0.2) is 0 Å². The number of halogens is 1. The molecule has 5 nitrogen and oxygen atoms in total. The van der Waals surface area contributed by atoms with Crippen LogP contribution in [-0.4, -0.2) is 24.5 Å². The van der Waals surface area contributed by atoms with Crippen LogP contribution in [0.2, 0.25) is 5.02 Å². The minimum absolute atomic E-state index is 0.0838. The third kappa shape index (κ3) is 5.73. The van der Waals surface area contributed by atoms with E-state index in [4.69, 9.17) is 16.3 Å². The number of ether oxygens (including phenoxy) is 1. The maximum absolute atomic E-state index is 12.7. The van der Waals surface area contributed by atoms with E-state index in [1.54, 1.807) is 30.3 Å². The van der Waals surface area contributed by atoms with Crippen LogP contribution in [-0.2, 0) is 11.3 Å². The molecule has 2 rings (SSSR count). The summed E-state index contributed by atoms with van der Waals surface area (Å²) in [5.74, 6) is -0.186. The quantitative estimate of drug-likeness (QED) is 0.722. The van der Waals surface area contributed by atoms with Gasteiger partial charge in [0.15, 0.2) is 0 Å². The van der Waals surface area contributed by atoms with Crippen LogP contribution in [0.4, 0.5) is 0 Å². The lowest BCUT2D eigenvalue weighted by Crippen LogP contribution is -2.49. The smallest absolute Gasteiger partial charge is 0.255 e. The molecule has 144 valence electrons. The zero-order valence-corrected chi connectivity index (χ0v) is 16.5. The number of carbonyl (C=O) groups is 2. The Labute approximate surface area is 165 Å². The minimum atomic E-state index is -0.672. The van der Waals surface area contributed by atoms with E-state index < -0.39 is 6.04 Å². The molecule has 2 aromatic rings. The number of rotatable bonds is 8. The van der Waals surface area contributed by atoms with Crippen molar-refractivity contribution in [2.75, 3.05) is 6.61 Å². The molecule has 0 aliphatic rings. The van der Waals surface area contributed by atoms with E-state index in [2.05, 4.69) is 10.6 Å². The van der Waals surface area contributed by atoms with Crippen molar-refractivity contribution in [2.24, 2.45) is 5.92 Å². The van der Waals surface area contributed by atoms with Crippen molar-refractivity contribution in [2.45, 2.75) is 33.4 Å². The minimum Gasteiger partial charge on any atom is -0.493 e. The second kappa shape index (κ2) is 9.97. The highest BCUT2D eigenvalue weighted by atomic mass is 35.5. The molecule has 2 N–H and O–H groups in total. The summed E-state index contributed by atoms with van der Waals surface area (Å²) < 4.78 is 5.50. The van der Waals surface area contributed by atoms with Crippen molar-refractivity contribution in [3.63, 3.8) is 0 Å². The largest absolute Gasteiger partial charge is 0.493 e. The Balaban J connectivity index is 2.07. The number of amides is 2. The van der Waals surface area contributed by atoms with Gasteiger partial charge < -0.3 is 15.4 Å². The van der Waals surface area contributed by atoms with Gasteiger partial charge in [0.25, 0.3) is 5.91 Å². The second-order valence-electron chi connectivity index (χ2n) is 6.43. The van der Waals surface area contributed by atoms with Crippen molar-refractivity contribution in [3.05, 3.63) is 64.7 Å². The fourth-order valence-electron chi connectivity index (χ4n) is 2.62. The summed E-state index contributed by atoms with van der Waals surface area (Å²) >= 11 is 6.13. The topological polar surface area (TPSA) is 67.4 Å². The average molecular weight is 389 g/mol. The van der Waals surface area contributed by atoms with Gasteiger partial charge in [-0.3, -0.25) is 9.59 Å². The summed E-state index contributed by atoms with van der Waals surface area (Å²) in [6.07, 6.45) is 0. The standard InChI is InChI=1S/C21H25ClN2O3/c1-4-27-18-12-8-6-10-16(18)20(25)24-19(14(2)3)21(26)23-13-15-9-5-7-11-17(15)22/h5-12,14,19H,4,13H2,1-3H3,(H,23,26)(H,24,25). The molecule has 27 heavy (non-hydrogen) atoms. The number of hydrogen-bond acceptors (Lipinski definition) is 3. The molecule has 0 fully saturated rings. The van der Waals surface area contributed by atoms with Gasteiger partial charge in [0.1, 0.15) is 11.8 Å². The molecule has 0 aliphatic carbocycles. The molecule has 6 heteroatoms. The van der Waals surface area contributed by atoms with Crippen LogP contribution in [0, 0.1) is 5.92 Å². The molecular formula is C21H25ClN2O3. The Bertz CT molecular complexity index is 793. The molecule has 0 heterocycles. The summed E-state index contributed by atoms with van der Waals surface area (Å²) in [5.41, 5.74) is 1.23. The summed E-state index contributed by atoms with van der Waals surface area (Å²) in [6.45, 7) is 6.38. The van der Waals surface area contributed by atoms with E-state index >= 15 is 0 Å². The molecule has 0 radical (unpaired) electrons. The molecule has 1 atom stereocenters. The Morgan fingerprint density at radius 2 is 1.74 bits per heavy atom. The first kappa shape index (κ1) is 20.8. The van der Waals surface area contributed by atoms with Crippen LogP contribution in [0.15, 0.2) is 48.5 Å². The van der Waals surface area contributed by atoms with E-state index in [0.29, 0.717) is 29.5 Å². The van der Waals surface area contributed by atoms with Gasteiger partial charge in [0.2, 0.25) is 5.91 Å². The van der Waals surface area contributed by atoms with E-state index in [9.17, 15) is 9.59 Å². The Hall–Kier alpha value is -2.53. The zero-order valence-electron chi connectivity index (χ0n) is 15.8. The lowest BCUT2D eigenvalue weighted by atomic mass is 10.0. The van der Waals surface area contributed by atoms with Gasteiger partial charge in [-0.2, -0.15) is 0 Å². The highest BCUT2D eigenvalue weighted by Gasteiger charge is 2.25. The summed E-state index contributed by atoms with van der Waals surface area (Å²) in [5, 5.41) is 6.26. The van der Waals surface area contributed by atoms with E-state index in [-0.39, 0.29) is 17.7 Å². The zero-order chi connectivity index (χ0) is 19.8. The van der Waals surface area contributed by atoms with E-state index in [1.807, 2.05) is 39.0 Å². The lowest BCUT2D eigenvalue weighted by molar-refractivity contribution is -0.124. The van der Waals surface area contributed by atoms with Gasteiger partial charge >= 0.3 is 0 Å². The molecule has 0 bridgehead atoms. The van der Waals surface area contributed by atoms with Crippen LogP contribution >= 0.6 is 11.6 Å². The monoisotopic (exact) mass is 388 g/mol. The Kier molecular flexibility index (Phi) is 7.67. The number of benzene rings is 2. The maximum Gasteiger partial charge on any atom is 0.255 e. The van der Waals surface area contributed by atoms with Crippen molar-refractivity contribution >= 4 is 23.4 Å². The second-order valence-corrected chi connectivity index (χ2v) is 6.84.